The number of hydrogen-bond donors (Lipinski definition) is 1. The number of hydrogen-bond acceptors (Lipinski definition) is 4. The highest BCUT2D eigenvalue weighted by atomic mass is 16.5. The highest BCUT2D eigenvalue weighted by Gasteiger charge is 2.08. The Morgan fingerprint density at radius 2 is 1.90 bits per heavy atom. The third-order valence-corrected chi connectivity index (χ3v) is 2.68. The maximum atomic E-state index is 8.87. The number of anilines is 1. The van der Waals surface area contributed by atoms with Crippen LogP contribution >= 0.6 is 0 Å². The second-order valence-electron chi connectivity index (χ2n) is 4.26. The minimum absolute atomic E-state index is 0.461. The van der Waals surface area contributed by atoms with Gasteiger partial charge < -0.3 is 15.2 Å². The van der Waals surface area contributed by atoms with Crippen molar-refractivity contribution in [3.63, 3.8) is 0 Å². The molecular weight excluding hydrogens is 252 g/mol. The van der Waals surface area contributed by atoms with E-state index in [4.69, 9.17) is 20.5 Å². The Morgan fingerprint density at radius 3 is 2.65 bits per heavy atom. The zero-order valence-electron chi connectivity index (χ0n) is 11.3. The van der Waals surface area contributed by atoms with Crippen LogP contribution in [0.4, 0.5) is 5.69 Å². The van der Waals surface area contributed by atoms with Gasteiger partial charge in [0.25, 0.3) is 0 Å². The molecule has 0 radical (unpaired) electrons. The number of para-hydroxylation sites is 1. The number of benzene rings is 2. The van der Waals surface area contributed by atoms with Gasteiger partial charge in [-0.3, -0.25) is 0 Å². The summed E-state index contributed by atoms with van der Waals surface area (Å²) in [5.74, 6) is 1.71. The Balaban J connectivity index is 2.22. The van der Waals surface area contributed by atoms with Crippen molar-refractivity contribution in [2.45, 2.75) is 13.3 Å². The summed E-state index contributed by atoms with van der Waals surface area (Å²) < 4.78 is 11.3. The van der Waals surface area contributed by atoms with E-state index in [1.807, 2.05) is 19.1 Å². The van der Waals surface area contributed by atoms with Crippen molar-refractivity contribution in [3.8, 4) is 23.3 Å². The molecule has 0 bridgehead atoms. The molecule has 0 atom stereocenters. The molecule has 4 heteroatoms. The molecule has 0 unspecified atom stereocenters. The van der Waals surface area contributed by atoms with E-state index in [0.717, 1.165) is 6.42 Å². The summed E-state index contributed by atoms with van der Waals surface area (Å²) >= 11 is 0. The molecule has 0 heterocycles. The van der Waals surface area contributed by atoms with Crippen molar-refractivity contribution in [1.82, 2.24) is 0 Å². The van der Waals surface area contributed by atoms with Gasteiger partial charge in [0.2, 0.25) is 0 Å². The second-order valence-corrected chi connectivity index (χ2v) is 4.26. The van der Waals surface area contributed by atoms with Crippen molar-refractivity contribution in [2.24, 2.45) is 0 Å². The molecule has 0 spiro atoms. The predicted octanol–water partition coefficient (Wildman–Crippen LogP) is 3.72. The van der Waals surface area contributed by atoms with E-state index < -0.39 is 0 Å². The molecule has 0 saturated heterocycles. The Labute approximate surface area is 118 Å². The molecule has 0 saturated carbocycles. The van der Waals surface area contributed by atoms with Crippen molar-refractivity contribution >= 4 is 5.69 Å². The average molecular weight is 268 g/mol. The lowest BCUT2D eigenvalue weighted by atomic mass is 10.2. The highest BCUT2D eigenvalue weighted by Crippen LogP contribution is 2.34. The summed E-state index contributed by atoms with van der Waals surface area (Å²) in [6.45, 7) is 2.64. The number of nitrogens with two attached hydrogens (primary N) is 1. The third-order valence-electron chi connectivity index (χ3n) is 2.68. The number of rotatable bonds is 5. The van der Waals surface area contributed by atoms with Crippen LogP contribution in [0.15, 0.2) is 42.5 Å². The molecule has 2 N–H and O–H groups in total. The molecule has 0 fully saturated rings. The van der Waals surface area contributed by atoms with Crippen molar-refractivity contribution in [3.05, 3.63) is 48.0 Å². The van der Waals surface area contributed by atoms with Gasteiger partial charge in [0.15, 0.2) is 5.75 Å². The van der Waals surface area contributed by atoms with E-state index in [1.165, 1.54) is 0 Å². The van der Waals surface area contributed by atoms with E-state index >= 15 is 0 Å². The topological polar surface area (TPSA) is 68.3 Å². The first-order chi connectivity index (χ1) is 9.74. The van der Waals surface area contributed by atoms with Gasteiger partial charge in [0, 0.05) is 0 Å². The standard InChI is InChI=1S/C16H16N2O2/c1-2-9-19-14-7-4-8-15(16(14)18)20-13-6-3-5-12(10-13)11-17/h3-8,10H,2,9,18H2,1H3. The number of nitrogens with zero attached hydrogens (tertiary/aromatic N) is 1. The molecular formula is C16H16N2O2. The van der Waals surface area contributed by atoms with Crippen LogP contribution in [0.3, 0.4) is 0 Å². The van der Waals surface area contributed by atoms with Crippen LogP contribution < -0.4 is 15.2 Å². The summed E-state index contributed by atoms with van der Waals surface area (Å²) in [5, 5.41) is 8.87. The molecule has 0 aliphatic heterocycles. The van der Waals surface area contributed by atoms with Gasteiger partial charge in [-0.05, 0) is 36.8 Å². The fraction of sp³-hybridized carbons (Fsp3) is 0.188. The van der Waals surface area contributed by atoms with Crippen molar-refractivity contribution in [1.29, 1.82) is 5.26 Å². The predicted molar refractivity (Wildman–Crippen MR) is 77.9 cm³/mol. The number of nitrogen functional groups attached to an aromatic ring is 1. The first-order valence-electron chi connectivity index (χ1n) is 6.44. The van der Waals surface area contributed by atoms with Crippen molar-refractivity contribution in [2.75, 3.05) is 12.3 Å². The normalized spacial score (nSPS) is 9.80. The molecule has 102 valence electrons. The number of ether oxygens (including phenoxy) is 2. The van der Waals surface area contributed by atoms with Crippen LogP contribution in [-0.2, 0) is 0 Å². The quantitative estimate of drug-likeness (QED) is 0.839. The Morgan fingerprint density at radius 1 is 1.15 bits per heavy atom. The van der Waals surface area contributed by atoms with Gasteiger partial charge in [-0.25, -0.2) is 0 Å². The molecule has 2 aromatic rings. The van der Waals surface area contributed by atoms with Crippen LogP contribution in [0, 0.1) is 11.3 Å². The Hall–Kier alpha value is -2.67. The molecule has 0 aromatic heterocycles. The largest absolute Gasteiger partial charge is 0.491 e. The van der Waals surface area contributed by atoms with Crippen LogP contribution in [0.25, 0.3) is 0 Å². The van der Waals surface area contributed by atoms with Crippen LogP contribution in [0.1, 0.15) is 18.9 Å². The van der Waals surface area contributed by atoms with E-state index in [1.54, 1.807) is 30.3 Å². The minimum Gasteiger partial charge on any atom is -0.491 e. The first kappa shape index (κ1) is 13.8. The molecule has 0 amide bonds. The lowest BCUT2D eigenvalue weighted by molar-refractivity contribution is 0.318. The molecule has 2 aromatic carbocycles. The SMILES string of the molecule is CCCOc1cccc(Oc2cccc(C#N)c2)c1N. The summed E-state index contributed by atoms with van der Waals surface area (Å²) in [6.07, 6.45) is 0.911. The van der Waals surface area contributed by atoms with Crippen LogP contribution in [0.2, 0.25) is 0 Å². The molecule has 0 aliphatic rings. The van der Waals surface area contributed by atoms with Crippen molar-refractivity contribution < 1.29 is 9.47 Å². The lowest BCUT2D eigenvalue weighted by Crippen LogP contribution is -2.00. The second kappa shape index (κ2) is 6.48. The summed E-state index contributed by atoms with van der Waals surface area (Å²) in [7, 11) is 0. The Bertz CT molecular complexity index is 633. The smallest absolute Gasteiger partial charge is 0.154 e. The maximum Gasteiger partial charge on any atom is 0.154 e. The first-order valence-corrected chi connectivity index (χ1v) is 6.44. The third kappa shape index (κ3) is 3.21. The Kier molecular flexibility index (Phi) is 4.46. The van der Waals surface area contributed by atoms with E-state index in [0.29, 0.717) is 35.1 Å². The minimum atomic E-state index is 0.461. The van der Waals surface area contributed by atoms with Gasteiger partial charge in [-0.1, -0.05) is 19.1 Å². The monoisotopic (exact) mass is 268 g/mol. The summed E-state index contributed by atoms with van der Waals surface area (Å²) in [4.78, 5) is 0. The number of nitriles is 1. The summed E-state index contributed by atoms with van der Waals surface area (Å²) in [5.41, 5.74) is 7.03. The van der Waals surface area contributed by atoms with Gasteiger partial charge in [0.1, 0.15) is 17.2 Å². The highest BCUT2D eigenvalue weighted by molar-refractivity contribution is 5.63. The van der Waals surface area contributed by atoms with Crippen LogP contribution in [-0.4, -0.2) is 6.61 Å². The zero-order chi connectivity index (χ0) is 14.4. The lowest BCUT2D eigenvalue weighted by Gasteiger charge is -2.12. The molecule has 4 nitrogen and oxygen atoms in total. The van der Waals surface area contributed by atoms with E-state index in [9.17, 15) is 0 Å². The fourth-order valence-electron chi connectivity index (χ4n) is 1.71. The molecule has 0 aliphatic carbocycles. The zero-order valence-corrected chi connectivity index (χ0v) is 11.3. The summed E-state index contributed by atoms with van der Waals surface area (Å²) in [6, 6.07) is 14.4. The average Bonchev–Trinajstić information content (AvgIpc) is 2.48. The maximum absolute atomic E-state index is 8.87. The fourth-order valence-corrected chi connectivity index (χ4v) is 1.71. The molecule has 2 rings (SSSR count). The van der Waals surface area contributed by atoms with Gasteiger partial charge >= 0.3 is 0 Å². The van der Waals surface area contributed by atoms with E-state index in [-0.39, 0.29) is 0 Å². The van der Waals surface area contributed by atoms with Gasteiger partial charge in [0.05, 0.1) is 18.2 Å². The van der Waals surface area contributed by atoms with E-state index in [2.05, 4.69) is 6.07 Å². The van der Waals surface area contributed by atoms with Gasteiger partial charge in [-0.15, -0.1) is 0 Å². The van der Waals surface area contributed by atoms with Gasteiger partial charge in [-0.2, -0.15) is 5.26 Å². The van der Waals surface area contributed by atoms with Crippen LogP contribution in [0.5, 0.6) is 17.2 Å². The molecule has 20 heavy (non-hydrogen) atoms.